The lowest BCUT2D eigenvalue weighted by Gasteiger charge is -2.18. The maximum Gasteiger partial charge on any atom is 0.406 e. The van der Waals surface area contributed by atoms with Crippen LogP contribution in [0.3, 0.4) is 0 Å². The van der Waals surface area contributed by atoms with E-state index < -0.39 is 0 Å². The average molecular weight is 464 g/mol. The number of aromatic nitrogens is 2. The Morgan fingerprint density at radius 1 is 0.611 bits per heavy atom. The van der Waals surface area contributed by atoms with Gasteiger partial charge in [0.15, 0.2) is 11.2 Å². The Hall–Kier alpha value is -3.98. The van der Waals surface area contributed by atoms with Crippen LogP contribution in [0.4, 0.5) is 0 Å². The van der Waals surface area contributed by atoms with Crippen LogP contribution in [-0.2, 0) is 7.05 Å². The molecular formula is C33H29BN2+2. The molecule has 1 unspecified atom stereocenters. The molecular weight excluding hydrogens is 435 g/mol. The third kappa shape index (κ3) is 2.86. The third-order valence-electron chi connectivity index (χ3n) is 8.27. The van der Waals surface area contributed by atoms with Crippen molar-refractivity contribution in [3.05, 3.63) is 125 Å². The van der Waals surface area contributed by atoms with Gasteiger partial charge in [0.1, 0.15) is 7.05 Å². The van der Waals surface area contributed by atoms with Crippen molar-refractivity contribution >= 4 is 23.4 Å². The van der Waals surface area contributed by atoms with Crippen LogP contribution in [-0.4, -0.2) is 6.71 Å². The first-order valence-electron chi connectivity index (χ1n) is 12.8. The molecule has 0 saturated carbocycles. The van der Waals surface area contributed by atoms with Crippen molar-refractivity contribution in [2.45, 2.75) is 26.8 Å². The first kappa shape index (κ1) is 21.3. The van der Waals surface area contributed by atoms with Crippen LogP contribution in [0.1, 0.15) is 33.9 Å². The fourth-order valence-corrected chi connectivity index (χ4v) is 6.92. The van der Waals surface area contributed by atoms with Gasteiger partial charge < -0.3 is 0 Å². The molecule has 2 aliphatic rings. The highest BCUT2D eigenvalue weighted by molar-refractivity contribution is 6.94. The van der Waals surface area contributed by atoms with Gasteiger partial charge in [-0.1, -0.05) is 77.4 Å². The smallest absolute Gasteiger partial charge is 0.207 e. The number of hydrogen-bond donors (Lipinski definition) is 0. The normalized spacial score (nSPS) is 14.9. The van der Waals surface area contributed by atoms with Crippen LogP contribution in [0.15, 0.2) is 97.1 Å². The molecule has 4 heterocycles. The lowest BCUT2D eigenvalue weighted by molar-refractivity contribution is -0.671. The van der Waals surface area contributed by atoms with Gasteiger partial charge in [0.05, 0.1) is 11.1 Å². The van der Waals surface area contributed by atoms with Crippen LogP contribution in [0.2, 0.25) is 0 Å². The maximum atomic E-state index is 2.63. The van der Waals surface area contributed by atoms with Crippen LogP contribution < -0.4 is 25.8 Å². The summed E-state index contributed by atoms with van der Waals surface area (Å²) >= 11 is 0. The van der Waals surface area contributed by atoms with E-state index in [2.05, 4.69) is 134 Å². The summed E-state index contributed by atoms with van der Waals surface area (Å²) in [6.45, 7) is 6.87. The van der Waals surface area contributed by atoms with Crippen molar-refractivity contribution in [3.8, 4) is 22.5 Å². The summed E-state index contributed by atoms with van der Waals surface area (Å²) in [6, 6.07) is 36.5. The zero-order chi connectivity index (χ0) is 24.6. The molecule has 36 heavy (non-hydrogen) atoms. The maximum absolute atomic E-state index is 2.63. The molecule has 2 nitrogen and oxygen atoms in total. The highest BCUT2D eigenvalue weighted by Crippen LogP contribution is 2.39. The Labute approximate surface area is 213 Å². The second-order valence-corrected chi connectivity index (χ2v) is 10.4. The molecule has 1 atom stereocenters. The molecule has 2 aromatic heterocycles. The van der Waals surface area contributed by atoms with Crippen molar-refractivity contribution in [3.63, 3.8) is 0 Å². The fourth-order valence-electron chi connectivity index (χ4n) is 6.92. The van der Waals surface area contributed by atoms with Gasteiger partial charge in [0.25, 0.3) is 0 Å². The van der Waals surface area contributed by atoms with Gasteiger partial charge in [-0.05, 0) is 50.5 Å². The molecule has 0 amide bonds. The Morgan fingerprint density at radius 3 is 1.83 bits per heavy atom. The summed E-state index contributed by atoms with van der Waals surface area (Å²) in [5.41, 5.74) is 16.0. The standard InChI is InChI=1S/C33H29BN2/c1-21-19-22(2)32(23(3)20-21)34-30-17-9-15-28(35(30)4)24-11-5-7-13-26(24)33-27-14-8-6-12-25(27)29-16-10-18-31(34)36(29)33/h5-20,33H,1-4H3/q+2. The van der Waals surface area contributed by atoms with Gasteiger partial charge in [-0.25, -0.2) is 4.57 Å². The van der Waals surface area contributed by atoms with E-state index in [0.717, 1.165) is 0 Å². The number of aryl methyl sites for hydroxylation is 3. The SMILES string of the molecule is Cc1cc(C)c(B2c3cccc([n+]3C)-c3ccccc3C3c4ccccc4-c4cccc2[n+]43)c(C)c1. The summed E-state index contributed by atoms with van der Waals surface area (Å²) in [5, 5.41) is 0. The molecule has 0 radical (unpaired) electrons. The topological polar surface area (TPSA) is 7.76 Å². The van der Waals surface area contributed by atoms with Gasteiger partial charge in [-0.2, -0.15) is 4.57 Å². The van der Waals surface area contributed by atoms with Crippen molar-refractivity contribution in [2.24, 2.45) is 7.05 Å². The number of hydrogen-bond acceptors (Lipinski definition) is 0. The highest BCUT2D eigenvalue weighted by Gasteiger charge is 2.48. The van der Waals surface area contributed by atoms with Gasteiger partial charge in [-0.15, -0.1) is 0 Å². The van der Waals surface area contributed by atoms with Gasteiger partial charge in [0, 0.05) is 23.3 Å². The number of pyridine rings is 2. The third-order valence-corrected chi connectivity index (χ3v) is 8.27. The van der Waals surface area contributed by atoms with Crippen LogP contribution in [0, 0.1) is 20.8 Å². The molecule has 3 aromatic carbocycles. The van der Waals surface area contributed by atoms with Gasteiger partial charge >= 0.3 is 6.71 Å². The first-order chi connectivity index (χ1) is 17.5. The molecule has 0 aliphatic carbocycles. The van der Waals surface area contributed by atoms with Gasteiger partial charge in [-0.3, -0.25) is 0 Å². The second kappa shape index (κ2) is 7.76. The molecule has 3 heteroatoms. The van der Waals surface area contributed by atoms with E-state index in [1.807, 2.05) is 0 Å². The summed E-state index contributed by atoms with van der Waals surface area (Å²) < 4.78 is 5.05. The fraction of sp³-hybridized carbons (Fsp3) is 0.152. The predicted octanol–water partition coefficient (Wildman–Crippen LogP) is 3.84. The summed E-state index contributed by atoms with van der Waals surface area (Å²) in [4.78, 5) is 0. The number of benzene rings is 3. The largest absolute Gasteiger partial charge is 0.406 e. The number of fused-ring (bicyclic) bond motifs is 8. The molecule has 0 fully saturated rings. The number of rotatable bonds is 1. The lowest BCUT2D eigenvalue weighted by atomic mass is 9.38. The summed E-state index contributed by atoms with van der Waals surface area (Å²) in [6.07, 6.45) is 0. The Kier molecular flexibility index (Phi) is 4.60. The quantitative estimate of drug-likeness (QED) is 0.258. The van der Waals surface area contributed by atoms with E-state index in [4.69, 9.17) is 0 Å². The van der Waals surface area contributed by atoms with Crippen LogP contribution in [0.5, 0.6) is 0 Å². The summed E-state index contributed by atoms with van der Waals surface area (Å²) in [5.74, 6) is 0. The highest BCUT2D eigenvalue weighted by atomic mass is 15.1. The molecule has 0 saturated heterocycles. The number of nitrogens with zero attached hydrogens (tertiary/aromatic N) is 2. The van der Waals surface area contributed by atoms with Gasteiger partial charge in [0.2, 0.25) is 17.4 Å². The predicted molar refractivity (Wildman–Crippen MR) is 148 cm³/mol. The van der Waals surface area contributed by atoms with Crippen LogP contribution in [0.25, 0.3) is 22.5 Å². The second-order valence-electron chi connectivity index (χ2n) is 10.4. The zero-order valence-corrected chi connectivity index (χ0v) is 21.3. The molecule has 7 rings (SSSR count). The van der Waals surface area contributed by atoms with Crippen molar-refractivity contribution < 1.29 is 9.13 Å². The zero-order valence-electron chi connectivity index (χ0n) is 21.3. The summed E-state index contributed by atoms with van der Waals surface area (Å²) in [7, 11) is 2.24. The first-order valence-corrected chi connectivity index (χ1v) is 12.8. The lowest BCUT2D eigenvalue weighted by Crippen LogP contribution is -2.72. The van der Waals surface area contributed by atoms with Crippen LogP contribution >= 0.6 is 0 Å². The minimum atomic E-state index is 0.113. The monoisotopic (exact) mass is 464 g/mol. The van der Waals surface area contributed by atoms with E-state index in [-0.39, 0.29) is 12.8 Å². The molecule has 2 aliphatic heterocycles. The minimum Gasteiger partial charge on any atom is -0.207 e. The average Bonchev–Trinajstić information content (AvgIpc) is 3.21. The van der Waals surface area contributed by atoms with Crippen molar-refractivity contribution in [1.29, 1.82) is 0 Å². The molecule has 2 bridgehead atoms. The Balaban J connectivity index is 1.68. The van der Waals surface area contributed by atoms with E-state index in [1.165, 1.54) is 67.0 Å². The van der Waals surface area contributed by atoms with E-state index in [9.17, 15) is 0 Å². The van der Waals surface area contributed by atoms with E-state index in [1.54, 1.807) is 0 Å². The van der Waals surface area contributed by atoms with Crippen molar-refractivity contribution in [2.75, 3.05) is 0 Å². The Morgan fingerprint density at radius 2 is 1.17 bits per heavy atom. The molecule has 0 N–H and O–H groups in total. The minimum absolute atomic E-state index is 0.113. The molecule has 0 spiro atoms. The van der Waals surface area contributed by atoms with Crippen molar-refractivity contribution in [1.82, 2.24) is 0 Å². The molecule has 172 valence electrons. The van der Waals surface area contributed by atoms with E-state index in [0.29, 0.717) is 0 Å². The van der Waals surface area contributed by atoms with E-state index >= 15 is 0 Å². The Bertz CT molecular complexity index is 1680. The molecule has 5 aromatic rings.